The maximum atomic E-state index is 8.60. The number of hydrogen-bond donors (Lipinski definition) is 1. The summed E-state index contributed by atoms with van der Waals surface area (Å²) in [5, 5.41) is 8.60. The largest absolute Gasteiger partial charge is 0.396 e. The van der Waals surface area contributed by atoms with E-state index in [1.165, 1.54) is 30.7 Å². The molecule has 3 heteroatoms. The van der Waals surface area contributed by atoms with E-state index in [1.807, 2.05) is 11.8 Å². The molecule has 0 bridgehead atoms. The van der Waals surface area contributed by atoms with Crippen molar-refractivity contribution in [1.29, 1.82) is 0 Å². The third kappa shape index (κ3) is 12.1. The number of rotatable bonds is 10. The highest BCUT2D eigenvalue weighted by Crippen LogP contribution is 2.06. The molecule has 0 rings (SSSR count). The Morgan fingerprint density at radius 2 is 1.94 bits per heavy atom. The van der Waals surface area contributed by atoms with Crippen LogP contribution in [0.25, 0.3) is 0 Å². The summed E-state index contributed by atoms with van der Waals surface area (Å²) in [6.07, 6.45) is 4.85. The van der Waals surface area contributed by atoms with Crippen LogP contribution in [0, 0.1) is 5.92 Å². The SMILES string of the molecule is CC(CC(C)C)=NCCCCCSCCO. The maximum absolute atomic E-state index is 8.60. The third-order valence-electron chi connectivity index (χ3n) is 2.27. The van der Waals surface area contributed by atoms with E-state index in [2.05, 4.69) is 25.8 Å². The molecular weight excluding hydrogens is 218 g/mol. The minimum absolute atomic E-state index is 0.309. The van der Waals surface area contributed by atoms with Crippen LogP contribution in [0.5, 0.6) is 0 Å². The molecule has 0 radical (unpaired) electrons. The molecule has 0 saturated carbocycles. The smallest absolute Gasteiger partial charge is 0.0521 e. The lowest BCUT2D eigenvalue weighted by Crippen LogP contribution is -1.99. The Morgan fingerprint density at radius 3 is 2.56 bits per heavy atom. The average molecular weight is 245 g/mol. The molecule has 0 aliphatic heterocycles. The lowest BCUT2D eigenvalue weighted by molar-refractivity contribution is 0.322. The first-order chi connectivity index (χ1) is 7.66. The van der Waals surface area contributed by atoms with Crippen molar-refractivity contribution in [1.82, 2.24) is 0 Å². The van der Waals surface area contributed by atoms with Crippen molar-refractivity contribution < 1.29 is 5.11 Å². The van der Waals surface area contributed by atoms with Crippen LogP contribution in [0.4, 0.5) is 0 Å². The van der Waals surface area contributed by atoms with Gasteiger partial charge in [-0.05, 0) is 37.9 Å². The van der Waals surface area contributed by atoms with Gasteiger partial charge in [0.15, 0.2) is 0 Å². The second-order valence-corrected chi connectivity index (χ2v) is 5.84. The van der Waals surface area contributed by atoms with Crippen molar-refractivity contribution in [2.75, 3.05) is 24.7 Å². The molecule has 2 nitrogen and oxygen atoms in total. The lowest BCUT2D eigenvalue weighted by Gasteiger charge is -2.04. The summed E-state index contributed by atoms with van der Waals surface area (Å²) in [4.78, 5) is 4.57. The van der Waals surface area contributed by atoms with E-state index >= 15 is 0 Å². The number of thioether (sulfide) groups is 1. The minimum atomic E-state index is 0.309. The first-order valence-electron chi connectivity index (χ1n) is 6.35. The standard InChI is InChI=1S/C13H27NOS/c1-12(2)11-13(3)14-7-5-4-6-9-16-10-8-15/h12,15H,4-11H2,1-3H3. The molecule has 0 aliphatic carbocycles. The van der Waals surface area contributed by atoms with Gasteiger partial charge in [-0.15, -0.1) is 0 Å². The van der Waals surface area contributed by atoms with E-state index in [-0.39, 0.29) is 0 Å². The molecule has 0 unspecified atom stereocenters. The molecule has 0 aliphatic rings. The minimum Gasteiger partial charge on any atom is -0.396 e. The van der Waals surface area contributed by atoms with Gasteiger partial charge in [0.25, 0.3) is 0 Å². The van der Waals surface area contributed by atoms with Crippen LogP contribution >= 0.6 is 11.8 Å². The number of aliphatic imine (C=N–C) groups is 1. The summed E-state index contributed by atoms with van der Waals surface area (Å²) < 4.78 is 0. The zero-order valence-electron chi connectivity index (χ0n) is 11.0. The van der Waals surface area contributed by atoms with E-state index in [0.29, 0.717) is 6.61 Å². The fraction of sp³-hybridized carbons (Fsp3) is 0.923. The van der Waals surface area contributed by atoms with Gasteiger partial charge in [-0.2, -0.15) is 11.8 Å². The summed E-state index contributed by atoms with van der Waals surface area (Å²) >= 11 is 1.84. The lowest BCUT2D eigenvalue weighted by atomic mass is 10.1. The van der Waals surface area contributed by atoms with Crippen LogP contribution < -0.4 is 0 Å². The molecule has 16 heavy (non-hydrogen) atoms. The fourth-order valence-electron chi connectivity index (χ4n) is 1.58. The molecular formula is C13H27NOS. The molecule has 0 saturated heterocycles. The van der Waals surface area contributed by atoms with Gasteiger partial charge >= 0.3 is 0 Å². The van der Waals surface area contributed by atoms with Crippen LogP contribution in [0.1, 0.15) is 46.5 Å². The predicted octanol–water partition coefficient (Wildman–Crippen LogP) is 3.39. The molecule has 0 atom stereocenters. The van der Waals surface area contributed by atoms with E-state index in [0.717, 1.165) is 24.6 Å². The highest BCUT2D eigenvalue weighted by atomic mass is 32.2. The molecule has 0 aromatic rings. The Balaban J connectivity index is 3.25. The number of nitrogens with zero attached hydrogens (tertiary/aromatic N) is 1. The van der Waals surface area contributed by atoms with Crippen LogP contribution in [0.15, 0.2) is 4.99 Å². The first kappa shape index (κ1) is 16.0. The zero-order chi connectivity index (χ0) is 12.2. The van der Waals surface area contributed by atoms with Crippen molar-refractivity contribution in [3.8, 4) is 0 Å². The molecule has 0 aromatic carbocycles. The Bertz CT molecular complexity index is 181. The maximum Gasteiger partial charge on any atom is 0.0521 e. The zero-order valence-corrected chi connectivity index (χ0v) is 11.9. The number of aliphatic hydroxyl groups is 1. The monoisotopic (exact) mass is 245 g/mol. The van der Waals surface area contributed by atoms with Gasteiger partial charge in [-0.25, -0.2) is 0 Å². The van der Waals surface area contributed by atoms with Gasteiger partial charge < -0.3 is 5.11 Å². The van der Waals surface area contributed by atoms with Crippen molar-refractivity contribution in [2.45, 2.75) is 46.5 Å². The molecule has 1 N–H and O–H groups in total. The van der Waals surface area contributed by atoms with Crippen LogP contribution in [0.3, 0.4) is 0 Å². The number of hydrogen-bond acceptors (Lipinski definition) is 3. The molecule has 0 spiro atoms. The number of aliphatic hydroxyl groups excluding tert-OH is 1. The summed E-state index contributed by atoms with van der Waals surface area (Å²) in [7, 11) is 0. The Kier molecular flexibility index (Phi) is 11.5. The van der Waals surface area contributed by atoms with E-state index in [4.69, 9.17) is 5.11 Å². The van der Waals surface area contributed by atoms with E-state index < -0.39 is 0 Å². The van der Waals surface area contributed by atoms with Crippen molar-refractivity contribution in [3.63, 3.8) is 0 Å². The van der Waals surface area contributed by atoms with Crippen LogP contribution in [-0.4, -0.2) is 35.5 Å². The second-order valence-electron chi connectivity index (χ2n) is 4.61. The molecule has 0 amide bonds. The van der Waals surface area contributed by atoms with Gasteiger partial charge in [-0.1, -0.05) is 20.3 Å². The fourth-order valence-corrected chi connectivity index (χ4v) is 2.33. The molecule has 96 valence electrons. The van der Waals surface area contributed by atoms with Crippen LogP contribution in [0.2, 0.25) is 0 Å². The van der Waals surface area contributed by atoms with Gasteiger partial charge in [-0.3, -0.25) is 4.99 Å². The van der Waals surface area contributed by atoms with Gasteiger partial charge in [0.05, 0.1) is 6.61 Å². The van der Waals surface area contributed by atoms with Gasteiger partial charge in [0.1, 0.15) is 0 Å². The molecule has 0 heterocycles. The molecule has 0 fully saturated rings. The Hall–Kier alpha value is -0.0200. The number of unbranched alkanes of at least 4 members (excludes halogenated alkanes) is 2. The van der Waals surface area contributed by atoms with E-state index in [9.17, 15) is 0 Å². The predicted molar refractivity (Wildman–Crippen MR) is 75.7 cm³/mol. The van der Waals surface area contributed by atoms with Crippen molar-refractivity contribution in [2.24, 2.45) is 10.9 Å². The second kappa shape index (κ2) is 11.5. The van der Waals surface area contributed by atoms with E-state index in [1.54, 1.807) is 0 Å². The normalized spacial score (nSPS) is 12.4. The summed E-state index contributed by atoms with van der Waals surface area (Å²) in [5.41, 5.74) is 1.30. The summed E-state index contributed by atoms with van der Waals surface area (Å²) in [5.74, 6) is 2.78. The Labute approximate surface area is 105 Å². The Morgan fingerprint density at radius 1 is 1.19 bits per heavy atom. The first-order valence-corrected chi connectivity index (χ1v) is 7.50. The highest BCUT2D eigenvalue weighted by Gasteiger charge is 1.96. The summed E-state index contributed by atoms with van der Waals surface area (Å²) in [6.45, 7) is 7.90. The highest BCUT2D eigenvalue weighted by molar-refractivity contribution is 7.99. The average Bonchev–Trinajstić information content (AvgIpc) is 2.21. The van der Waals surface area contributed by atoms with Crippen molar-refractivity contribution >= 4 is 17.5 Å². The summed E-state index contributed by atoms with van der Waals surface area (Å²) in [6, 6.07) is 0. The van der Waals surface area contributed by atoms with Gasteiger partial charge in [0, 0.05) is 18.0 Å². The van der Waals surface area contributed by atoms with Crippen molar-refractivity contribution in [3.05, 3.63) is 0 Å². The van der Waals surface area contributed by atoms with Gasteiger partial charge in [0.2, 0.25) is 0 Å². The topological polar surface area (TPSA) is 32.6 Å². The van der Waals surface area contributed by atoms with Crippen LogP contribution in [-0.2, 0) is 0 Å². The molecule has 0 aromatic heterocycles. The third-order valence-corrected chi connectivity index (χ3v) is 3.32. The quantitative estimate of drug-likeness (QED) is 0.473.